The van der Waals surface area contributed by atoms with Gasteiger partial charge in [0.15, 0.2) is 11.5 Å². The van der Waals surface area contributed by atoms with Crippen molar-refractivity contribution in [1.82, 2.24) is 0 Å². The van der Waals surface area contributed by atoms with Gasteiger partial charge >= 0.3 is 11.9 Å². The van der Waals surface area contributed by atoms with Gasteiger partial charge in [-0.15, -0.1) is 0 Å². The zero-order chi connectivity index (χ0) is 20.0. The minimum Gasteiger partial charge on any atom is -0.493 e. The van der Waals surface area contributed by atoms with E-state index < -0.39 is 28.7 Å². The summed E-state index contributed by atoms with van der Waals surface area (Å²) in [4.78, 5) is 35.2. The molecule has 0 N–H and O–H groups in total. The minimum atomic E-state index is -0.606. The average Bonchev–Trinajstić information content (AvgIpc) is 2.70. The number of nitro benzene ring substituents is 1. The maximum absolute atomic E-state index is 12.5. The Bertz CT molecular complexity index is 718. The van der Waals surface area contributed by atoms with Gasteiger partial charge in [0.05, 0.1) is 49.7 Å². The fraction of sp³-hybridized carbons (Fsp3) is 0.556. The van der Waals surface area contributed by atoms with Crippen LogP contribution >= 0.6 is 0 Å². The summed E-state index contributed by atoms with van der Waals surface area (Å²) >= 11 is 0. The molecule has 1 aliphatic carbocycles. The van der Waals surface area contributed by atoms with Crippen LogP contribution in [0.2, 0.25) is 0 Å². The van der Waals surface area contributed by atoms with Crippen molar-refractivity contribution in [2.24, 2.45) is 11.8 Å². The van der Waals surface area contributed by atoms with Gasteiger partial charge in [0, 0.05) is 0 Å². The Morgan fingerprint density at radius 3 is 2.11 bits per heavy atom. The highest BCUT2D eigenvalue weighted by molar-refractivity contribution is 5.82. The van der Waals surface area contributed by atoms with Crippen molar-refractivity contribution in [2.45, 2.75) is 32.3 Å². The van der Waals surface area contributed by atoms with Crippen LogP contribution < -0.4 is 9.47 Å². The highest BCUT2D eigenvalue weighted by Gasteiger charge is 2.37. The van der Waals surface area contributed by atoms with Crippen molar-refractivity contribution >= 4 is 17.6 Å². The van der Waals surface area contributed by atoms with E-state index in [0.29, 0.717) is 18.6 Å². The molecule has 2 rings (SSSR count). The van der Waals surface area contributed by atoms with Gasteiger partial charge in [-0.1, -0.05) is 12.8 Å². The molecule has 0 aromatic heterocycles. The molecule has 0 amide bonds. The fourth-order valence-electron chi connectivity index (χ4n) is 3.30. The van der Waals surface area contributed by atoms with E-state index in [4.69, 9.17) is 18.9 Å². The summed E-state index contributed by atoms with van der Waals surface area (Å²) in [6, 6.07) is 2.63. The lowest BCUT2D eigenvalue weighted by molar-refractivity contribution is -0.385. The molecule has 9 nitrogen and oxygen atoms in total. The SMILES string of the molecule is COC(=O)[C@H]1CCCC[C@H]1C(=O)OCc1cc(OC)c(OC)cc1[N+](=O)[O-]. The van der Waals surface area contributed by atoms with E-state index in [1.165, 1.54) is 33.5 Å². The first kappa shape index (κ1) is 20.5. The molecule has 0 bridgehead atoms. The Morgan fingerprint density at radius 1 is 1.04 bits per heavy atom. The maximum atomic E-state index is 12.5. The topological polar surface area (TPSA) is 114 Å². The third-order valence-corrected chi connectivity index (χ3v) is 4.72. The Kier molecular flexibility index (Phi) is 6.98. The molecule has 0 saturated heterocycles. The molecule has 27 heavy (non-hydrogen) atoms. The van der Waals surface area contributed by atoms with Gasteiger partial charge in [-0.25, -0.2) is 0 Å². The molecule has 1 aromatic carbocycles. The number of methoxy groups -OCH3 is 3. The molecular weight excluding hydrogens is 358 g/mol. The van der Waals surface area contributed by atoms with Gasteiger partial charge in [-0.05, 0) is 18.9 Å². The molecule has 0 radical (unpaired) electrons. The number of nitrogens with zero attached hydrogens (tertiary/aromatic N) is 1. The molecule has 9 heteroatoms. The van der Waals surface area contributed by atoms with Crippen molar-refractivity contribution < 1.29 is 33.5 Å². The third-order valence-electron chi connectivity index (χ3n) is 4.72. The summed E-state index contributed by atoms with van der Waals surface area (Å²) in [5.74, 6) is -1.65. The van der Waals surface area contributed by atoms with Gasteiger partial charge < -0.3 is 18.9 Å². The first-order valence-electron chi connectivity index (χ1n) is 8.56. The summed E-state index contributed by atoms with van der Waals surface area (Å²) in [6.45, 7) is -0.306. The average molecular weight is 381 g/mol. The molecule has 148 valence electrons. The molecule has 1 aliphatic rings. The van der Waals surface area contributed by atoms with Crippen molar-refractivity contribution in [3.05, 3.63) is 27.8 Å². The molecule has 0 heterocycles. The van der Waals surface area contributed by atoms with Crippen molar-refractivity contribution in [3.63, 3.8) is 0 Å². The van der Waals surface area contributed by atoms with Crippen LogP contribution in [0.1, 0.15) is 31.2 Å². The maximum Gasteiger partial charge on any atom is 0.310 e. The predicted octanol–water partition coefficient (Wildman–Crippen LogP) is 2.63. The number of rotatable bonds is 7. The van der Waals surface area contributed by atoms with Crippen molar-refractivity contribution in [3.8, 4) is 11.5 Å². The summed E-state index contributed by atoms with van der Waals surface area (Å²) < 4.78 is 20.3. The molecule has 0 unspecified atom stereocenters. The number of carbonyl (C=O) groups is 2. The van der Waals surface area contributed by atoms with E-state index in [-0.39, 0.29) is 23.6 Å². The fourth-order valence-corrected chi connectivity index (χ4v) is 3.30. The number of nitro groups is 1. The summed E-state index contributed by atoms with van der Waals surface area (Å²) in [7, 11) is 4.06. The lowest BCUT2D eigenvalue weighted by Gasteiger charge is -2.27. The Balaban J connectivity index is 2.18. The number of esters is 2. The molecule has 0 aliphatic heterocycles. The highest BCUT2D eigenvalue weighted by atomic mass is 16.6. The molecule has 1 fully saturated rings. The van der Waals surface area contributed by atoms with E-state index in [0.717, 1.165) is 12.8 Å². The second-order valence-electron chi connectivity index (χ2n) is 6.22. The highest BCUT2D eigenvalue weighted by Crippen LogP contribution is 2.36. The monoisotopic (exact) mass is 381 g/mol. The van der Waals surface area contributed by atoms with Crippen molar-refractivity contribution in [2.75, 3.05) is 21.3 Å². The standard InChI is InChI=1S/C18H23NO8/c1-24-15-8-11(14(19(22)23)9-16(15)25-2)10-27-18(21)13-7-5-4-6-12(13)17(20)26-3/h8-9,12-13H,4-7,10H2,1-3H3/t12-,13+/m0/s1. The first-order chi connectivity index (χ1) is 12.9. The molecule has 1 saturated carbocycles. The first-order valence-corrected chi connectivity index (χ1v) is 8.56. The van der Waals surface area contributed by atoms with E-state index in [1.807, 2.05) is 0 Å². The third kappa shape index (κ3) is 4.66. The van der Waals surface area contributed by atoms with Crippen LogP contribution in [-0.2, 0) is 25.7 Å². The zero-order valence-corrected chi connectivity index (χ0v) is 15.6. The van der Waals surface area contributed by atoms with Gasteiger partial charge in [0.25, 0.3) is 5.69 Å². The van der Waals surface area contributed by atoms with Crippen molar-refractivity contribution in [1.29, 1.82) is 0 Å². The summed E-state index contributed by atoms with van der Waals surface area (Å²) in [5, 5.41) is 11.3. The quantitative estimate of drug-likeness (QED) is 0.402. The molecule has 1 aromatic rings. The normalized spacial score (nSPS) is 19.1. The van der Waals surface area contributed by atoms with Crippen LogP contribution in [0, 0.1) is 22.0 Å². The molecular formula is C18H23NO8. The predicted molar refractivity (Wildman–Crippen MR) is 93.5 cm³/mol. The second-order valence-corrected chi connectivity index (χ2v) is 6.22. The number of benzene rings is 1. The minimum absolute atomic E-state index is 0.177. The van der Waals surface area contributed by atoms with Gasteiger partial charge in [-0.2, -0.15) is 0 Å². The number of ether oxygens (including phenoxy) is 4. The van der Waals surface area contributed by atoms with Crippen LogP contribution in [0.3, 0.4) is 0 Å². The van der Waals surface area contributed by atoms with Crippen LogP contribution in [0.25, 0.3) is 0 Å². The van der Waals surface area contributed by atoms with Crippen LogP contribution in [0.5, 0.6) is 11.5 Å². The second kappa shape index (κ2) is 9.20. The van der Waals surface area contributed by atoms with E-state index in [1.54, 1.807) is 0 Å². The molecule has 0 spiro atoms. The largest absolute Gasteiger partial charge is 0.493 e. The van der Waals surface area contributed by atoms with Crippen LogP contribution in [-0.4, -0.2) is 38.2 Å². The lowest BCUT2D eigenvalue weighted by atomic mass is 9.79. The molecule has 2 atom stereocenters. The lowest BCUT2D eigenvalue weighted by Crippen LogP contribution is -2.34. The summed E-state index contributed by atoms with van der Waals surface area (Å²) in [5.41, 5.74) is -0.0648. The zero-order valence-electron chi connectivity index (χ0n) is 15.6. The van der Waals surface area contributed by atoms with Gasteiger partial charge in [0.1, 0.15) is 6.61 Å². The van der Waals surface area contributed by atoms with Gasteiger partial charge in [-0.3, -0.25) is 19.7 Å². The van der Waals surface area contributed by atoms with Crippen LogP contribution in [0.4, 0.5) is 5.69 Å². The Hall–Kier alpha value is -2.84. The van der Waals surface area contributed by atoms with Gasteiger partial charge in [0.2, 0.25) is 0 Å². The Labute approximate surface area is 156 Å². The Morgan fingerprint density at radius 2 is 1.59 bits per heavy atom. The van der Waals surface area contributed by atoms with E-state index >= 15 is 0 Å². The number of hydrogen-bond donors (Lipinski definition) is 0. The number of hydrogen-bond acceptors (Lipinski definition) is 8. The van der Waals surface area contributed by atoms with E-state index in [9.17, 15) is 19.7 Å². The van der Waals surface area contributed by atoms with Crippen LogP contribution in [0.15, 0.2) is 12.1 Å². The number of carbonyl (C=O) groups excluding carboxylic acids is 2. The summed E-state index contributed by atoms with van der Waals surface area (Å²) in [6.07, 6.45) is 2.73. The van der Waals surface area contributed by atoms with E-state index in [2.05, 4.69) is 0 Å². The smallest absolute Gasteiger partial charge is 0.310 e.